The van der Waals surface area contributed by atoms with Crippen LogP contribution in [0.1, 0.15) is 65.2 Å². The molecule has 4 heterocycles. The summed E-state index contributed by atoms with van der Waals surface area (Å²) in [6, 6.07) is 16.9. The first-order valence-corrected chi connectivity index (χ1v) is 18.9. The molecule has 52 heavy (non-hydrogen) atoms. The van der Waals surface area contributed by atoms with Crippen molar-refractivity contribution in [1.29, 1.82) is 0 Å². The smallest absolute Gasteiger partial charge is 0.485 e. The molecular weight excluding hydrogens is 739 g/mol. The molecule has 0 unspecified atom stereocenters. The van der Waals surface area contributed by atoms with Gasteiger partial charge in [0.25, 0.3) is 0 Å². The lowest BCUT2D eigenvalue weighted by molar-refractivity contribution is -0.697. The maximum atomic E-state index is 10.7. The van der Waals surface area contributed by atoms with Crippen molar-refractivity contribution in [3.8, 4) is 22.3 Å². The number of unbranched alkanes of at least 4 members (excludes halogenated alkanes) is 6. The van der Waals surface area contributed by atoms with Crippen LogP contribution in [-0.2, 0) is 33.3 Å². The van der Waals surface area contributed by atoms with Crippen LogP contribution in [0.2, 0.25) is 0 Å². The molecule has 0 aliphatic carbocycles. The number of pyridine rings is 4. The van der Waals surface area contributed by atoms with Crippen LogP contribution in [0, 0.1) is 0 Å². The van der Waals surface area contributed by atoms with Gasteiger partial charge in [-0.25, -0.2) is 26.0 Å². The molecule has 4 rings (SSSR count). The average molecular weight is 781 g/mol. The summed E-state index contributed by atoms with van der Waals surface area (Å²) < 4.78 is 122. The third kappa shape index (κ3) is 19.0. The van der Waals surface area contributed by atoms with E-state index in [9.17, 15) is 26.3 Å². The van der Waals surface area contributed by atoms with E-state index in [2.05, 4.69) is 82.0 Å². The fraction of sp³-hybridized carbons (Fsp3) is 0.412. The van der Waals surface area contributed by atoms with Crippen LogP contribution >= 0.6 is 0 Å². The zero-order valence-corrected chi connectivity index (χ0v) is 30.3. The molecule has 0 atom stereocenters. The highest BCUT2D eigenvalue weighted by atomic mass is 32.2. The maximum absolute atomic E-state index is 10.7. The Kier molecular flexibility index (Phi) is 20.2. The first kappa shape index (κ1) is 46.0. The highest BCUT2D eigenvalue weighted by Crippen LogP contribution is 2.21. The molecule has 0 bridgehead atoms. The monoisotopic (exact) mass is 780 g/mol. The van der Waals surface area contributed by atoms with Crippen LogP contribution in [0.3, 0.4) is 0 Å². The number of rotatable bonds is 12. The third-order valence-electron chi connectivity index (χ3n) is 6.92. The standard InChI is InChI=1S/2C16H21N2.2CHF3O3S/c2*1-2-3-4-5-12-18-13-8-16(9-14-18)15-6-10-17-11-7-15;2*2-1(3,4)8(5,6)7/h2*6-11,13-14H,2-5,12H2,1H3;2*(H,5,6,7)/q2*+1;;/p-2. The zero-order chi connectivity index (χ0) is 39.3. The fourth-order valence-corrected chi connectivity index (χ4v) is 4.13. The summed E-state index contributed by atoms with van der Waals surface area (Å²) in [6.45, 7) is 6.74. The second kappa shape index (κ2) is 22.8. The SMILES string of the molecule is CCCCCC[n+]1ccc(-c2ccncc2)cc1.CCCCCC[n+]1ccc(-c2ccncc2)cc1.O=S(=O)([O-])C(F)(F)F.O=S(=O)([O-])C(F)(F)F. The Labute approximate surface area is 300 Å². The first-order valence-electron chi connectivity index (χ1n) is 16.1. The van der Waals surface area contributed by atoms with Crippen molar-refractivity contribution in [2.75, 3.05) is 0 Å². The van der Waals surface area contributed by atoms with E-state index in [1.165, 1.54) is 73.6 Å². The largest absolute Gasteiger partial charge is 0.741 e. The predicted octanol–water partition coefficient (Wildman–Crippen LogP) is 7.34. The Morgan fingerprint density at radius 1 is 0.500 bits per heavy atom. The molecule has 0 fully saturated rings. The van der Waals surface area contributed by atoms with Gasteiger partial charge in [-0.1, -0.05) is 39.5 Å². The number of nitrogens with zero attached hydrogens (tertiary/aromatic N) is 4. The molecule has 0 amide bonds. The number of hydrogen-bond acceptors (Lipinski definition) is 8. The van der Waals surface area contributed by atoms with Crippen LogP contribution < -0.4 is 9.13 Å². The van der Waals surface area contributed by atoms with Gasteiger partial charge in [0.2, 0.25) is 0 Å². The molecule has 0 spiro atoms. The van der Waals surface area contributed by atoms with Crippen LogP contribution in [0.4, 0.5) is 26.3 Å². The van der Waals surface area contributed by atoms with E-state index in [1.807, 2.05) is 49.1 Å². The predicted molar refractivity (Wildman–Crippen MR) is 180 cm³/mol. The van der Waals surface area contributed by atoms with E-state index in [-0.39, 0.29) is 0 Å². The van der Waals surface area contributed by atoms with E-state index in [0.717, 1.165) is 13.1 Å². The van der Waals surface area contributed by atoms with Gasteiger partial charge in [-0.15, -0.1) is 0 Å². The van der Waals surface area contributed by atoms with Crippen LogP contribution in [0.15, 0.2) is 98.1 Å². The van der Waals surface area contributed by atoms with Gasteiger partial charge in [0, 0.05) is 61.9 Å². The second-order valence-corrected chi connectivity index (χ2v) is 13.8. The molecular formula is C34H42F6N4O6S2. The Bertz CT molecular complexity index is 1630. The Morgan fingerprint density at radius 2 is 0.750 bits per heavy atom. The number of aromatic nitrogens is 4. The molecule has 4 aromatic rings. The van der Waals surface area contributed by atoms with Gasteiger partial charge < -0.3 is 9.11 Å². The van der Waals surface area contributed by atoms with Gasteiger partial charge >= 0.3 is 11.0 Å². The van der Waals surface area contributed by atoms with Gasteiger partial charge in [-0.2, -0.15) is 26.3 Å². The van der Waals surface area contributed by atoms with Gasteiger partial charge in [-0.3, -0.25) is 9.97 Å². The lowest BCUT2D eigenvalue weighted by Gasteiger charge is -2.08. The fourth-order valence-electron chi connectivity index (χ4n) is 4.13. The van der Waals surface area contributed by atoms with Crippen LogP contribution in [-0.4, -0.2) is 46.9 Å². The minimum Gasteiger partial charge on any atom is -0.741 e. The molecule has 0 aliphatic heterocycles. The minimum absolute atomic E-state index is 1.12. The lowest BCUT2D eigenvalue weighted by Crippen LogP contribution is -2.32. The molecule has 288 valence electrons. The second-order valence-electron chi connectivity index (χ2n) is 11.0. The van der Waals surface area contributed by atoms with Gasteiger partial charge in [-0.05, 0) is 59.4 Å². The molecule has 0 saturated heterocycles. The van der Waals surface area contributed by atoms with Gasteiger partial charge in [0.05, 0.1) is 0 Å². The van der Waals surface area contributed by atoms with E-state index in [4.69, 9.17) is 25.9 Å². The summed E-state index contributed by atoms with van der Waals surface area (Å²) in [5.74, 6) is 0. The highest BCUT2D eigenvalue weighted by Gasteiger charge is 2.37. The van der Waals surface area contributed by atoms with Crippen molar-refractivity contribution in [3.63, 3.8) is 0 Å². The molecule has 4 aromatic heterocycles. The van der Waals surface area contributed by atoms with Crippen molar-refractivity contribution in [3.05, 3.63) is 98.1 Å². The maximum Gasteiger partial charge on any atom is 0.485 e. The van der Waals surface area contributed by atoms with Gasteiger partial charge in [0.1, 0.15) is 13.1 Å². The number of hydrogen-bond donors (Lipinski definition) is 0. The Morgan fingerprint density at radius 3 is 0.981 bits per heavy atom. The van der Waals surface area contributed by atoms with Crippen LogP contribution in [0.5, 0.6) is 0 Å². The van der Waals surface area contributed by atoms with Crippen molar-refractivity contribution in [1.82, 2.24) is 9.97 Å². The molecule has 0 aliphatic rings. The molecule has 18 heteroatoms. The van der Waals surface area contributed by atoms with Crippen molar-refractivity contribution in [2.24, 2.45) is 0 Å². The number of halogens is 6. The van der Waals surface area contributed by atoms with E-state index >= 15 is 0 Å². The average Bonchev–Trinajstić information content (AvgIpc) is 3.09. The quantitative estimate of drug-likeness (QED) is 0.0477. The summed E-state index contributed by atoms with van der Waals surface area (Å²) in [5, 5.41) is 0. The third-order valence-corrected chi connectivity index (χ3v) is 8.05. The summed E-state index contributed by atoms with van der Waals surface area (Å²) in [4.78, 5) is 8.08. The molecule has 0 radical (unpaired) electrons. The van der Waals surface area contributed by atoms with Gasteiger partial charge in [0.15, 0.2) is 45.0 Å². The molecule has 10 nitrogen and oxygen atoms in total. The topological polar surface area (TPSA) is 148 Å². The molecule has 0 aromatic carbocycles. The summed E-state index contributed by atoms with van der Waals surface area (Å²) >= 11 is 0. The zero-order valence-electron chi connectivity index (χ0n) is 28.6. The first-order chi connectivity index (χ1) is 24.3. The van der Waals surface area contributed by atoms with Crippen molar-refractivity contribution < 1.29 is 61.4 Å². The Hall–Kier alpha value is -4.00. The summed E-state index contributed by atoms with van der Waals surface area (Å²) in [7, 11) is -12.2. The normalized spacial score (nSPS) is 11.6. The summed E-state index contributed by atoms with van der Waals surface area (Å²) in [6.07, 6.45) is 26.5. The molecule has 0 N–H and O–H groups in total. The van der Waals surface area contributed by atoms with E-state index in [1.54, 1.807) is 0 Å². The number of aryl methyl sites for hydroxylation is 2. The highest BCUT2D eigenvalue weighted by molar-refractivity contribution is 7.86. The lowest BCUT2D eigenvalue weighted by atomic mass is 10.1. The van der Waals surface area contributed by atoms with Crippen molar-refractivity contribution in [2.45, 2.75) is 89.3 Å². The summed E-state index contributed by atoms with van der Waals surface area (Å²) in [5.41, 5.74) is -6.34. The van der Waals surface area contributed by atoms with Crippen molar-refractivity contribution >= 4 is 20.2 Å². The van der Waals surface area contributed by atoms with Crippen LogP contribution in [0.25, 0.3) is 22.3 Å². The van der Waals surface area contributed by atoms with E-state index < -0.39 is 31.3 Å². The minimum atomic E-state index is -6.09. The molecule has 0 saturated carbocycles. The number of alkyl halides is 6. The Balaban J connectivity index is 0.000000373. The van der Waals surface area contributed by atoms with E-state index in [0.29, 0.717) is 0 Å².